The molecule has 1 aromatic heterocycles. The van der Waals surface area contributed by atoms with Crippen LogP contribution in [0.4, 0.5) is 11.6 Å². The summed E-state index contributed by atoms with van der Waals surface area (Å²) in [5.41, 5.74) is 0. The van der Waals surface area contributed by atoms with E-state index >= 15 is 0 Å². The van der Waals surface area contributed by atoms with Crippen LogP contribution in [0.3, 0.4) is 0 Å². The molecule has 0 aromatic carbocycles. The molecule has 0 saturated heterocycles. The van der Waals surface area contributed by atoms with Crippen LogP contribution in [0.2, 0.25) is 0 Å². The second kappa shape index (κ2) is 7.06. The van der Waals surface area contributed by atoms with E-state index in [4.69, 9.17) is 0 Å². The summed E-state index contributed by atoms with van der Waals surface area (Å²) in [5.74, 6) is 1.88. The minimum Gasteiger partial charge on any atom is -0.369 e. The third-order valence-electron chi connectivity index (χ3n) is 2.61. The zero-order valence-corrected chi connectivity index (χ0v) is 11.3. The fourth-order valence-corrected chi connectivity index (χ4v) is 1.57. The smallest absolute Gasteiger partial charge is 0.134 e. The van der Waals surface area contributed by atoms with Gasteiger partial charge >= 0.3 is 0 Å². The Morgan fingerprint density at radius 1 is 1.18 bits per heavy atom. The van der Waals surface area contributed by atoms with E-state index in [1.54, 1.807) is 6.33 Å². The molecule has 0 aliphatic carbocycles. The predicted molar refractivity (Wildman–Crippen MR) is 72.6 cm³/mol. The maximum Gasteiger partial charge on any atom is 0.134 e. The molecule has 0 spiro atoms. The summed E-state index contributed by atoms with van der Waals surface area (Å²) in [6.45, 7) is 8.07. The lowest BCUT2D eigenvalue weighted by molar-refractivity contribution is 0.425. The molecule has 96 valence electrons. The van der Waals surface area contributed by atoms with Crippen LogP contribution in [-0.2, 0) is 0 Å². The van der Waals surface area contributed by atoms with Crippen molar-refractivity contribution in [3.63, 3.8) is 0 Å². The number of hydrogen-bond donors (Lipinski definition) is 1. The molecule has 0 atom stereocenters. The van der Waals surface area contributed by atoms with Crippen LogP contribution in [0.15, 0.2) is 12.4 Å². The number of anilines is 2. The standard InChI is InChI=1S/C12H23N5/c1-5-17(6-2)12-9-11(14-10-15-12)13-7-8-16(3)4/h9-10H,5-8H2,1-4H3,(H,13,14,15). The topological polar surface area (TPSA) is 44.3 Å². The molecule has 5 heteroatoms. The molecule has 0 radical (unpaired) electrons. The van der Waals surface area contributed by atoms with E-state index in [1.165, 1.54) is 0 Å². The molecular formula is C12H23N5. The van der Waals surface area contributed by atoms with Crippen LogP contribution < -0.4 is 10.2 Å². The van der Waals surface area contributed by atoms with Gasteiger partial charge in [-0.05, 0) is 27.9 Å². The molecule has 1 aromatic rings. The Morgan fingerprint density at radius 3 is 2.47 bits per heavy atom. The average molecular weight is 237 g/mol. The Balaban J connectivity index is 2.59. The Morgan fingerprint density at radius 2 is 1.88 bits per heavy atom. The molecule has 5 nitrogen and oxygen atoms in total. The fourth-order valence-electron chi connectivity index (χ4n) is 1.57. The summed E-state index contributed by atoms with van der Waals surface area (Å²) in [6.07, 6.45) is 1.62. The molecular weight excluding hydrogens is 214 g/mol. The van der Waals surface area contributed by atoms with E-state index in [0.29, 0.717) is 0 Å². The minimum atomic E-state index is 0.891. The first-order valence-electron chi connectivity index (χ1n) is 6.13. The molecule has 0 aliphatic heterocycles. The molecule has 1 heterocycles. The highest BCUT2D eigenvalue weighted by molar-refractivity contribution is 5.48. The summed E-state index contributed by atoms with van der Waals surface area (Å²) < 4.78 is 0. The normalized spacial score (nSPS) is 10.6. The zero-order chi connectivity index (χ0) is 12.7. The van der Waals surface area contributed by atoms with E-state index in [-0.39, 0.29) is 0 Å². The second-order valence-electron chi connectivity index (χ2n) is 4.16. The van der Waals surface area contributed by atoms with Gasteiger partial charge in [-0.1, -0.05) is 0 Å². The molecule has 0 fully saturated rings. The lowest BCUT2D eigenvalue weighted by Gasteiger charge is -2.20. The van der Waals surface area contributed by atoms with Crippen molar-refractivity contribution in [3.8, 4) is 0 Å². The quantitative estimate of drug-likeness (QED) is 0.774. The van der Waals surface area contributed by atoms with Crippen molar-refractivity contribution < 1.29 is 0 Å². The summed E-state index contributed by atoms with van der Waals surface area (Å²) in [4.78, 5) is 12.9. The highest BCUT2D eigenvalue weighted by atomic mass is 15.2. The molecule has 0 aliphatic rings. The SMILES string of the molecule is CCN(CC)c1cc(NCCN(C)C)ncn1. The van der Waals surface area contributed by atoms with Crippen molar-refractivity contribution in [1.29, 1.82) is 0 Å². The summed E-state index contributed by atoms with van der Waals surface area (Å²) in [5, 5.41) is 3.30. The molecule has 17 heavy (non-hydrogen) atoms. The molecule has 0 saturated carbocycles. The van der Waals surface area contributed by atoms with E-state index < -0.39 is 0 Å². The average Bonchev–Trinajstić information content (AvgIpc) is 2.31. The fraction of sp³-hybridized carbons (Fsp3) is 0.667. The number of nitrogens with zero attached hydrogens (tertiary/aromatic N) is 4. The lowest BCUT2D eigenvalue weighted by atomic mass is 10.4. The van der Waals surface area contributed by atoms with E-state index in [1.807, 2.05) is 6.07 Å². The van der Waals surface area contributed by atoms with Crippen LogP contribution in [0.25, 0.3) is 0 Å². The van der Waals surface area contributed by atoms with Crippen LogP contribution in [0, 0.1) is 0 Å². The number of nitrogens with one attached hydrogen (secondary N) is 1. The first kappa shape index (κ1) is 13.7. The number of hydrogen-bond acceptors (Lipinski definition) is 5. The Hall–Kier alpha value is -1.36. The van der Waals surface area contributed by atoms with Crippen LogP contribution in [-0.4, -0.2) is 55.1 Å². The third kappa shape index (κ3) is 4.56. The van der Waals surface area contributed by atoms with Gasteiger partial charge in [0.15, 0.2) is 0 Å². The van der Waals surface area contributed by atoms with Crippen molar-refractivity contribution in [2.24, 2.45) is 0 Å². The van der Waals surface area contributed by atoms with Gasteiger partial charge in [0, 0.05) is 32.2 Å². The first-order valence-corrected chi connectivity index (χ1v) is 6.13. The molecule has 1 N–H and O–H groups in total. The first-order chi connectivity index (χ1) is 8.17. The van der Waals surface area contributed by atoms with E-state index in [2.05, 4.69) is 53.0 Å². The van der Waals surface area contributed by atoms with Crippen LogP contribution in [0.1, 0.15) is 13.8 Å². The summed E-state index contributed by atoms with van der Waals surface area (Å²) in [7, 11) is 4.12. The predicted octanol–water partition coefficient (Wildman–Crippen LogP) is 1.30. The van der Waals surface area contributed by atoms with Crippen molar-refractivity contribution in [1.82, 2.24) is 14.9 Å². The lowest BCUT2D eigenvalue weighted by Crippen LogP contribution is -2.24. The monoisotopic (exact) mass is 237 g/mol. The Kier molecular flexibility index (Phi) is 5.69. The Labute approximate surface area is 104 Å². The highest BCUT2D eigenvalue weighted by Crippen LogP contribution is 2.13. The van der Waals surface area contributed by atoms with Gasteiger partial charge < -0.3 is 15.1 Å². The maximum absolute atomic E-state index is 4.29. The zero-order valence-electron chi connectivity index (χ0n) is 11.3. The highest BCUT2D eigenvalue weighted by Gasteiger charge is 2.04. The molecule has 0 unspecified atom stereocenters. The third-order valence-corrected chi connectivity index (χ3v) is 2.61. The number of rotatable bonds is 7. The second-order valence-corrected chi connectivity index (χ2v) is 4.16. The summed E-state index contributed by atoms with van der Waals surface area (Å²) in [6, 6.07) is 2.00. The van der Waals surface area contributed by atoms with Gasteiger partial charge in [0.1, 0.15) is 18.0 Å². The van der Waals surface area contributed by atoms with Crippen molar-refractivity contribution in [2.75, 3.05) is 50.5 Å². The minimum absolute atomic E-state index is 0.891. The summed E-state index contributed by atoms with van der Waals surface area (Å²) >= 11 is 0. The van der Waals surface area contributed by atoms with Crippen LogP contribution >= 0.6 is 0 Å². The maximum atomic E-state index is 4.29. The molecule has 1 rings (SSSR count). The van der Waals surface area contributed by atoms with Crippen molar-refractivity contribution in [2.45, 2.75) is 13.8 Å². The van der Waals surface area contributed by atoms with Gasteiger partial charge in [0.2, 0.25) is 0 Å². The van der Waals surface area contributed by atoms with Gasteiger partial charge in [-0.15, -0.1) is 0 Å². The van der Waals surface area contributed by atoms with Crippen LogP contribution in [0.5, 0.6) is 0 Å². The van der Waals surface area contributed by atoms with Gasteiger partial charge in [-0.3, -0.25) is 0 Å². The van der Waals surface area contributed by atoms with Gasteiger partial charge in [0.05, 0.1) is 0 Å². The van der Waals surface area contributed by atoms with Gasteiger partial charge in [-0.2, -0.15) is 0 Å². The van der Waals surface area contributed by atoms with E-state index in [9.17, 15) is 0 Å². The van der Waals surface area contributed by atoms with Gasteiger partial charge in [-0.25, -0.2) is 9.97 Å². The molecule has 0 amide bonds. The molecule has 0 bridgehead atoms. The van der Waals surface area contributed by atoms with Crippen molar-refractivity contribution >= 4 is 11.6 Å². The van der Waals surface area contributed by atoms with Gasteiger partial charge in [0.25, 0.3) is 0 Å². The van der Waals surface area contributed by atoms with Crippen molar-refractivity contribution in [3.05, 3.63) is 12.4 Å². The number of aromatic nitrogens is 2. The largest absolute Gasteiger partial charge is 0.369 e. The van der Waals surface area contributed by atoms with E-state index in [0.717, 1.165) is 37.8 Å². The Bertz CT molecular complexity index is 322. The number of likely N-dealkylation sites (N-methyl/N-ethyl adjacent to an activating group) is 1.